The average molecular weight is 401 g/mol. The third-order valence-electron chi connectivity index (χ3n) is 4.34. The molecule has 1 atom stereocenters. The lowest BCUT2D eigenvalue weighted by Gasteiger charge is -2.15. The van der Waals surface area contributed by atoms with Crippen LogP contribution in [0.4, 0.5) is 0 Å². The van der Waals surface area contributed by atoms with Crippen LogP contribution < -0.4 is 5.32 Å². The molecule has 0 saturated carbocycles. The molecule has 140 valence electrons. The van der Waals surface area contributed by atoms with Crippen LogP contribution >= 0.6 is 23.8 Å². The average Bonchev–Trinajstić information content (AvgIpc) is 3.01. The molecule has 0 unspecified atom stereocenters. The van der Waals surface area contributed by atoms with E-state index >= 15 is 0 Å². The summed E-state index contributed by atoms with van der Waals surface area (Å²) in [6, 6.07) is 15.4. The van der Waals surface area contributed by atoms with Gasteiger partial charge in [0.05, 0.1) is 6.04 Å². The number of aromatic amines is 1. The molecule has 0 fully saturated rings. The Hall–Kier alpha value is -2.44. The number of hydrogen-bond acceptors (Lipinski definition) is 3. The number of nitrogens with zero attached hydrogens (tertiary/aromatic N) is 2. The molecule has 0 aliphatic heterocycles. The summed E-state index contributed by atoms with van der Waals surface area (Å²) in [6.07, 6.45) is 0.310. The number of amides is 1. The topological polar surface area (TPSA) is 62.7 Å². The van der Waals surface area contributed by atoms with Crippen molar-refractivity contribution < 1.29 is 4.79 Å². The Morgan fingerprint density at radius 2 is 2.04 bits per heavy atom. The van der Waals surface area contributed by atoms with E-state index in [0.29, 0.717) is 22.8 Å². The standard InChI is InChI=1S/C20H21ClN4OS/c1-13-4-3-5-16(12-13)19-23-24-20(27)25(19)11-10-18(26)22-14(2)15-6-8-17(21)9-7-15/h3-9,12,14H,10-11H2,1-2H3,(H,22,26)(H,24,27)/t14-/m1/s1. The van der Waals surface area contributed by atoms with E-state index in [1.54, 1.807) is 0 Å². The van der Waals surface area contributed by atoms with Crippen molar-refractivity contribution in [1.29, 1.82) is 0 Å². The number of carbonyl (C=O) groups is 1. The molecule has 3 aromatic rings. The zero-order valence-corrected chi connectivity index (χ0v) is 16.8. The molecule has 2 aromatic carbocycles. The van der Waals surface area contributed by atoms with Gasteiger partial charge >= 0.3 is 0 Å². The summed E-state index contributed by atoms with van der Waals surface area (Å²) < 4.78 is 2.36. The predicted molar refractivity (Wildman–Crippen MR) is 110 cm³/mol. The highest BCUT2D eigenvalue weighted by molar-refractivity contribution is 7.71. The van der Waals surface area contributed by atoms with Crippen molar-refractivity contribution in [3.8, 4) is 11.4 Å². The smallest absolute Gasteiger partial charge is 0.222 e. The summed E-state index contributed by atoms with van der Waals surface area (Å²) in [7, 11) is 0. The molecule has 0 aliphatic carbocycles. The molecule has 5 nitrogen and oxygen atoms in total. The summed E-state index contributed by atoms with van der Waals surface area (Å²) in [6.45, 7) is 4.43. The van der Waals surface area contributed by atoms with Gasteiger partial charge in [0.2, 0.25) is 5.91 Å². The number of halogens is 1. The molecule has 1 amide bonds. The van der Waals surface area contributed by atoms with Crippen molar-refractivity contribution in [3.63, 3.8) is 0 Å². The van der Waals surface area contributed by atoms with E-state index in [0.717, 1.165) is 22.5 Å². The van der Waals surface area contributed by atoms with Crippen molar-refractivity contribution >= 4 is 29.7 Å². The largest absolute Gasteiger partial charge is 0.350 e. The van der Waals surface area contributed by atoms with Crippen LogP contribution in [0.2, 0.25) is 5.02 Å². The van der Waals surface area contributed by atoms with Crippen LogP contribution in [0.25, 0.3) is 11.4 Å². The normalized spacial score (nSPS) is 12.0. The monoisotopic (exact) mass is 400 g/mol. The van der Waals surface area contributed by atoms with E-state index in [1.807, 2.05) is 66.9 Å². The Morgan fingerprint density at radius 3 is 2.74 bits per heavy atom. The number of benzene rings is 2. The quantitative estimate of drug-likeness (QED) is 0.582. The van der Waals surface area contributed by atoms with Gasteiger partial charge in [0.15, 0.2) is 10.6 Å². The van der Waals surface area contributed by atoms with Crippen LogP contribution in [0.1, 0.15) is 30.5 Å². The van der Waals surface area contributed by atoms with Gasteiger partial charge in [-0.05, 0) is 49.8 Å². The highest BCUT2D eigenvalue weighted by Crippen LogP contribution is 2.19. The van der Waals surface area contributed by atoms with Gasteiger partial charge in [-0.1, -0.05) is 47.5 Å². The van der Waals surface area contributed by atoms with Gasteiger partial charge in [0, 0.05) is 23.6 Å². The van der Waals surface area contributed by atoms with Gasteiger partial charge in [-0.25, -0.2) is 0 Å². The fourth-order valence-electron chi connectivity index (χ4n) is 2.89. The van der Waals surface area contributed by atoms with E-state index < -0.39 is 0 Å². The molecule has 27 heavy (non-hydrogen) atoms. The molecule has 0 aliphatic rings. The van der Waals surface area contributed by atoms with E-state index in [4.69, 9.17) is 23.8 Å². The summed E-state index contributed by atoms with van der Waals surface area (Å²) in [5.74, 6) is 0.693. The molecule has 0 bridgehead atoms. The Bertz CT molecular complexity index is 994. The van der Waals surface area contributed by atoms with Crippen LogP contribution in [-0.2, 0) is 11.3 Å². The van der Waals surface area contributed by atoms with Gasteiger partial charge in [0.1, 0.15) is 0 Å². The van der Waals surface area contributed by atoms with Crippen LogP contribution in [0.15, 0.2) is 48.5 Å². The molecule has 1 heterocycles. The van der Waals surface area contributed by atoms with E-state index in [9.17, 15) is 4.79 Å². The molecular formula is C20H21ClN4OS. The zero-order valence-electron chi connectivity index (χ0n) is 15.2. The minimum Gasteiger partial charge on any atom is -0.350 e. The van der Waals surface area contributed by atoms with Crippen LogP contribution in [-0.4, -0.2) is 20.7 Å². The Labute approximate surface area is 168 Å². The molecule has 1 aromatic heterocycles. The second kappa shape index (κ2) is 8.50. The molecule has 2 N–H and O–H groups in total. The van der Waals surface area contributed by atoms with Crippen molar-refractivity contribution in [2.24, 2.45) is 0 Å². The van der Waals surface area contributed by atoms with Gasteiger partial charge in [-0.15, -0.1) is 0 Å². The minimum atomic E-state index is -0.0941. The first-order valence-corrected chi connectivity index (χ1v) is 9.50. The molecule has 0 radical (unpaired) electrons. The SMILES string of the molecule is Cc1cccc(-c2n[nH]c(=S)n2CCC(=O)N[C@H](C)c2ccc(Cl)cc2)c1. The zero-order chi connectivity index (χ0) is 19.4. The molecule has 3 rings (SSSR count). The Balaban J connectivity index is 1.66. The second-order valence-corrected chi connectivity index (χ2v) is 7.29. The second-order valence-electron chi connectivity index (χ2n) is 6.46. The summed E-state index contributed by atoms with van der Waals surface area (Å²) >= 11 is 11.2. The Morgan fingerprint density at radius 1 is 1.30 bits per heavy atom. The Kier molecular flexibility index (Phi) is 6.08. The van der Waals surface area contributed by atoms with Crippen LogP contribution in [0.3, 0.4) is 0 Å². The number of H-pyrrole nitrogens is 1. The molecule has 7 heteroatoms. The van der Waals surface area contributed by atoms with Crippen LogP contribution in [0, 0.1) is 11.7 Å². The summed E-state index contributed by atoms with van der Waals surface area (Å²) in [5.41, 5.74) is 3.12. The number of nitrogens with one attached hydrogen (secondary N) is 2. The van der Waals surface area contributed by atoms with Crippen molar-refractivity contribution in [3.05, 3.63) is 69.5 Å². The lowest BCUT2D eigenvalue weighted by atomic mass is 10.1. The first-order chi connectivity index (χ1) is 12.9. The summed E-state index contributed by atoms with van der Waals surface area (Å²) in [4.78, 5) is 12.4. The number of aryl methyl sites for hydroxylation is 1. The number of rotatable bonds is 6. The highest BCUT2D eigenvalue weighted by atomic mass is 35.5. The lowest BCUT2D eigenvalue weighted by molar-refractivity contribution is -0.121. The maximum atomic E-state index is 12.4. The number of carbonyl (C=O) groups excluding carboxylic acids is 1. The maximum absolute atomic E-state index is 12.4. The fraction of sp³-hybridized carbons (Fsp3) is 0.250. The van der Waals surface area contributed by atoms with Gasteiger partial charge in [-0.3, -0.25) is 14.5 Å². The first-order valence-electron chi connectivity index (χ1n) is 8.71. The first kappa shape index (κ1) is 19.3. The predicted octanol–water partition coefficient (Wildman–Crippen LogP) is 4.84. The summed E-state index contributed by atoms with van der Waals surface area (Å²) in [5, 5.41) is 10.8. The maximum Gasteiger partial charge on any atom is 0.222 e. The molecule has 0 spiro atoms. The van der Waals surface area contributed by atoms with E-state index in [2.05, 4.69) is 15.5 Å². The number of aromatic nitrogens is 3. The van der Waals surface area contributed by atoms with Crippen LogP contribution in [0.5, 0.6) is 0 Å². The third-order valence-corrected chi connectivity index (χ3v) is 4.91. The van der Waals surface area contributed by atoms with Crippen molar-refractivity contribution in [1.82, 2.24) is 20.1 Å². The molecule has 0 saturated heterocycles. The van der Waals surface area contributed by atoms with Gasteiger partial charge in [-0.2, -0.15) is 5.10 Å². The third kappa shape index (κ3) is 4.84. The van der Waals surface area contributed by atoms with E-state index in [-0.39, 0.29) is 11.9 Å². The van der Waals surface area contributed by atoms with Crippen molar-refractivity contribution in [2.75, 3.05) is 0 Å². The highest BCUT2D eigenvalue weighted by Gasteiger charge is 2.13. The number of hydrogen-bond donors (Lipinski definition) is 2. The minimum absolute atomic E-state index is 0.0456. The van der Waals surface area contributed by atoms with Crippen molar-refractivity contribution in [2.45, 2.75) is 32.9 Å². The fourth-order valence-corrected chi connectivity index (χ4v) is 3.24. The lowest BCUT2D eigenvalue weighted by Crippen LogP contribution is -2.27. The molecular weight excluding hydrogens is 380 g/mol. The van der Waals surface area contributed by atoms with E-state index in [1.165, 1.54) is 0 Å². The van der Waals surface area contributed by atoms with Gasteiger partial charge in [0.25, 0.3) is 0 Å². The van der Waals surface area contributed by atoms with Gasteiger partial charge < -0.3 is 5.32 Å².